The van der Waals surface area contributed by atoms with Gasteiger partial charge in [0.1, 0.15) is 16.5 Å². The van der Waals surface area contributed by atoms with Gasteiger partial charge in [0.05, 0.1) is 12.2 Å². The van der Waals surface area contributed by atoms with E-state index in [1.54, 1.807) is 17.5 Å². The summed E-state index contributed by atoms with van der Waals surface area (Å²) < 4.78 is 54.1. The number of nitrogens with zero attached hydrogens (tertiary/aromatic N) is 1. The van der Waals surface area contributed by atoms with Crippen molar-refractivity contribution < 1.29 is 22.0 Å². The number of carbonyl (C=O) groups excluding carboxylic acids is 1. The molecule has 2 heterocycles. The van der Waals surface area contributed by atoms with Crippen molar-refractivity contribution in [1.82, 2.24) is 0 Å². The fourth-order valence-electron chi connectivity index (χ4n) is 2.95. The second-order valence-corrected chi connectivity index (χ2v) is 9.01. The molecule has 0 bridgehead atoms. The van der Waals surface area contributed by atoms with Crippen LogP contribution in [0.25, 0.3) is 0 Å². The molecular formula is C20H14F2N2O3S2. The smallest absolute Gasteiger partial charge is 0.270 e. The molecule has 9 heteroatoms. The molecule has 0 saturated carbocycles. The van der Waals surface area contributed by atoms with Crippen LogP contribution in [0.5, 0.6) is 0 Å². The Hall–Kier alpha value is -3.04. The Morgan fingerprint density at radius 3 is 2.52 bits per heavy atom. The summed E-state index contributed by atoms with van der Waals surface area (Å²) in [6.07, 6.45) is 1.10. The Labute approximate surface area is 170 Å². The van der Waals surface area contributed by atoms with E-state index < -0.39 is 32.3 Å². The summed E-state index contributed by atoms with van der Waals surface area (Å²) in [6.45, 7) is -0.120. The first kappa shape index (κ1) is 19.3. The van der Waals surface area contributed by atoms with E-state index in [1.807, 2.05) is 0 Å². The predicted octanol–water partition coefficient (Wildman–Crippen LogP) is 4.51. The van der Waals surface area contributed by atoms with Gasteiger partial charge in [0.15, 0.2) is 4.91 Å². The first-order valence-corrected chi connectivity index (χ1v) is 10.8. The van der Waals surface area contributed by atoms with E-state index >= 15 is 0 Å². The van der Waals surface area contributed by atoms with Crippen molar-refractivity contribution >= 4 is 38.5 Å². The summed E-state index contributed by atoms with van der Waals surface area (Å²) in [6, 6.07) is 12.5. The second-order valence-electron chi connectivity index (χ2n) is 6.27. The monoisotopic (exact) mass is 432 g/mol. The Balaban J connectivity index is 1.74. The van der Waals surface area contributed by atoms with Crippen molar-refractivity contribution in [3.05, 3.63) is 93.2 Å². The molecule has 0 amide bonds. The highest BCUT2D eigenvalue weighted by molar-refractivity contribution is 7.97. The molecule has 0 unspecified atom stereocenters. The maximum absolute atomic E-state index is 13.6. The first-order chi connectivity index (χ1) is 13.9. The third kappa shape index (κ3) is 3.66. The van der Waals surface area contributed by atoms with Gasteiger partial charge < -0.3 is 5.32 Å². The number of sulfonamides is 1. The summed E-state index contributed by atoms with van der Waals surface area (Å²) in [5, 5.41) is 4.37. The number of fused-ring (bicyclic) bond motifs is 1. The van der Waals surface area contributed by atoms with Gasteiger partial charge in [-0.05, 0) is 53.4 Å². The summed E-state index contributed by atoms with van der Waals surface area (Å²) in [4.78, 5) is 12.6. The number of allylic oxidation sites excluding steroid dienone is 1. The molecular weight excluding hydrogens is 418 g/mol. The third-order valence-electron chi connectivity index (χ3n) is 4.34. The zero-order valence-corrected chi connectivity index (χ0v) is 16.4. The van der Waals surface area contributed by atoms with Gasteiger partial charge in [0.2, 0.25) is 5.78 Å². The number of nitrogens with one attached hydrogen (secondary N) is 1. The molecule has 0 atom stereocenters. The molecule has 148 valence electrons. The molecule has 0 saturated heterocycles. The maximum Gasteiger partial charge on any atom is 0.270 e. The minimum Gasteiger partial charge on any atom is -0.360 e. The largest absolute Gasteiger partial charge is 0.360 e. The number of hydrogen-bond acceptors (Lipinski definition) is 5. The van der Waals surface area contributed by atoms with E-state index in [9.17, 15) is 22.0 Å². The minimum atomic E-state index is -4.19. The Bertz CT molecular complexity index is 1220. The highest BCUT2D eigenvalue weighted by atomic mass is 32.2. The van der Waals surface area contributed by atoms with Crippen molar-refractivity contribution in [1.29, 1.82) is 0 Å². The van der Waals surface area contributed by atoms with E-state index in [-0.39, 0.29) is 17.1 Å². The molecule has 2 aromatic carbocycles. The molecule has 29 heavy (non-hydrogen) atoms. The first-order valence-electron chi connectivity index (χ1n) is 8.48. The van der Waals surface area contributed by atoms with E-state index in [0.717, 1.165) is 21.8 Å². The molecule has 1 aliphatic rings. The lowest BCUT2D eigenvalue weighted by Crippen LogP contribution is -2.38. The Morgan fingerprint density at radius 1 is 1.03 bits per heavy atom. The van der Waals surface area contributed by atoms with Crippen molar-refractivity contribution in [3.8, 4) is 0 Å². The third-order valence-corrected chi connectivity index (χ3v) is 7.01. The van der Waals surface area contributed by atoms with Gasteiger partial charge in [0.25, 0.3) is 10.0 Å². The summed E-state index contributed by atoms with van der Waals surface area (Å²) in [5.41, 5.74) is 1.14. The predicted molar refractivity (Wildman–Crippen MR) is 108 cm³/mol. The summed E-state index contributed by atoms with van der Waals surface area (Å²) in [5.74, 6) is -1.54. The van der Waals surface area contributed by atoms with Gasteiger partial charge in [-0.3, -0.25) is 9.10 Å². The highest BCUT2D eigenvalue weighted by Gasteiger charge is 2.41. The number of rotatable bonds is 4. The van der Waals surface area contributed by atoms with Gasteiger partial charge in [-0.15, -0.1) is 11.3 Å². The van der Waals surface area contributed by atoms with E-state index in [4.69, 9.17) is 0 Å². The van der Waals surface area contributed by atoms with Gasteiger partial charge >= 0.3 is 0 Å². The zero-order valence-electron chi connectivity index (χ0n) is 14.8. The number of thiophene rings is 1. The van der Waals surface area contributed by atoms with Crippen LogP contribution in [0.15, 0.2) is 71.1 Å². The number of halogens is 2. The van der Waals surface area contributed by atoms with Crippen LogP contribution in [-0.4, -0.2) is 14.2 Å². The van der Waals surface area contributed by atoms with Gasteiger partial charge in [-0.25, -0.2) is 17.2 Å². The number of Topliss-reactive ketones (excluding diaryl/α,β-unsaturated/α-hetero) is 1. The van der Waals surface area contributed by atoms with Gasteiger partial charge in [-0.2, -0.15) is 0 Å². The molecule has 1 N–H and O–H groups in total. The standard InChI is InChI=1S/C20H14F2N2O3S2/c21-14-4-6-16(7-5-14)23-11-18-19(25)20-17(8-9-28-20)24(29(18,26)27)12-13-2-1-3-15(22)10-13/h1-11,23H,12H2. The number of ketones is 1. The van der Waals surface area contributed by atoms with Gasteiger partial charge in [0, 0.05) is 11.9 Å². The fraction of sp³-hybridized carbons (Fsp3) is 0.0500. The second kappa shape index (κ2) is 7.41. The van der Waals surface area contributed by atoms with Crippen molar-refractivity contribution in [3.63, 3.8) is 0 Å². The van der Waals surface area contributed by atoms with E-state index in [2.05, 4.69) is 5.32 Å². The van der Waals surface area contributed by atoms with E-state index in [0.29, 0.717) is 11.3 Å². The van der Waals surface area contributed by atoms with Crippen LogP contribution in [0.1, 0.15) is 15.2 Å². The molecule has 0 spiro atoms. The Morgan fingerprint density at radius 2 is 1.79 bits per heavy atom. The zero-order chi connectivity index (χ0) is 20.6. The van der Waals surface area contributed by atoms with Crippen LogP contribution in [0.3, 0.4) is 0 Å². The lowest BCUT2D eigenvalue weighted by molar-refractivity contribution is 0.104. The molecule has 0 aliphatic carbocycles. The molecule has 5 nitrogen and oxygen atoms in total. The van der Waals surface area contributed by atoms with Crippen LogP contribution in [0, 0.1) is 11.6 Å². The van der Waals surface area contributed by atoms with Crippen LogP contribution >= 0.6 is 11.3 Å². The molecule has 3 aromatic rings. The number of hydrogen-bond donors (Lipinski definition) is 1. The van der Waals surface area contributed by atoms with Crippen molar-refractivity contribution in [2.24, 2.45) is 0 Å². The fourth-order valence-corrected chi connectivity index (χ4v) is 5.44. The van der Waals surface area contributed by atoms with E-state index in [1.165, 1.54) is 42.5 Å². The SMILES string of the molecule is O=C1C(=CNc2ccc(F)cc2)S(=O)(=O)N(Cc2cccc(F)c2)c2ccsc21. The van der Waals surface area contributed by atoms with Gasteiger partial charge in [-0.1, -0.05) is 12.1 Å². The molecule has 4 rings (SSSR count). The van der Waals surface area contributed by atoms with Crippen LogP contribution in [0.2, 0.25) is 0 Å². The summed E-state index contributed by atoms with van der Waals surface area (Å²) >= 11 is 1.13. The summed E-state index contributed by atoms with van der Waals surface area (Å²) in [7, 11) is -4.19. The molecule has 0 radical (unpaired) electrons. The Kier molecular flexibility index (Phi) is 4.93. The normalized spacial score (nSPS) is 16.7. The van der Waals surface area contributed by atoms with Crippen LogP contribution < -0.4 is 9.62 Å². The molecule has 1 aromatic heterocycles. The molecule has 1 aliphatic heterocycles. The highest BCUT2D eigenvalue weighted by Crippen LogP contribution is 2.39. The topological polar surface area (TPSA) is 66.5 Å². The number of benzene rings is 2. The number of anilines is 2. The number of carbonyl (C=O) groups is 1. The molecule has 0 fully saturated rings. The average Bonchev–Trinajstić information content (AvgIpc) is 3.16. The minimum absolute atomic E-state index is 0.120. The van der Waals surface area contributed by atoms with Crippen LogP contribution in [-0.2, 0) is 16.6 Å². The average molecular weight is 432 g/mol. The quantitative estimate of drug-likeness (QED) is 0.616. The van der Waals surface area contributed by atoms with Crippen molar-refractivity contribution in [2.45, 2.75) is 6.54 Å². The maximum atomic E-state index is 13.6. The van der Waals surface area contributed by atoms with Crippen molar-refractivity contribution in [2.75, 3.05) is 9.62 Å². The van der Waals surface area contributed by atoms with Crippen LogP contribution in [0.4, 0.5) is 20.2 Å². The lowest BCUT2D eigenvalue weighted by atomic mass is 10.2. The lowest BCUT2D eigenvalue weighted by Gasteiger charge is -2.29.